The van der Waals surface area contributed by atoms with E-state index in [0.29, 0.717) is 0 Å². The Labute approximate surface area is 171 Å². The van der Waals surface area contributed by atoms with Crippen LogP contribution in [-0.2, 0) is 23.9 Å². The minimum atomic E-state index is -3.83. The van der Waals surface area contributed by atoms with Crippen molar-refractivity contribution in [3.63, 3.8) is 0 Å². The van der Waals surface area contributed by atoms with Gasteiger partial charge in [-0.25, -0.2) is 30.3 Å². The van der Waals surface area contributed by atoms with Crippen LogP contribution in [0.25, 0.3) is 0 Å². The summed E-state index contributed by atoms with van der Waals surface area (Å²) in [5.41, 5.74) is 0. The molecule has 29 heavy (non-hydrogen) atoms. The first-order chi connectivity index (χ1) is 13.2. The summed E-state index contributed by atoms with van der Waals surface area (Å²) in [5, 5.41) is 8.77. The van der Waals surface area contributed by atoms with Crippen molar-refractivity contribution in [3.05, 3.63) is 60.2 Å². The molecule has 160 valence electrons. The van der Waals surface area contributed by atoms with E-state index in [0.717, 1.165) is 48.5 Å². The molecule has 0 spiro atoms. The van der Waals surface area contributed by atoms with Gasteiger partial charge in [-0.15, -0.1) is 0 Å². The molecular weight excluding hydrogens is 452 g/mol. The van der Waals surface area contributed by atoms with Crippen LogP contribution in [0.4, 0.5) is 8.78 Å². The summed E-state index contributed by atoms with van der Waals surface area (Å²) in [6.07, 6.45) is 0. The smallest absolute Gasteiger partial charge is 0.307 e. The Morgan fingerprint density at radius 3 is 1.62 bits per heavy atom. The van der Waals surface area contributed by atoms with Crippen LogP contribution in [0.2, 0.25) is 0 Å². The number of hydrogen-bond donors (Lipinski definition) is 2. The van der Waals surface area contributed by atoms with Crippen LogP contribution in [0.5, 0.6) is 0 Å². The highest BCUT2D eigenvalue weighted by Gasteiger charge is 2.25. The Morgan fingerprint density at radius 1 is 0.897 bits per heavy atom. The van der Waals surface area contributed by atoms with E-state index >= 15 is 0 Å². The first kappa shape index (κ1) is 25.0. The van der Waals surface area contributed by atoms with Crippen LogP contribution < -0.4 is 4.72 Å². The fourth-order valence-electron chi connectivity index (χ4n) is 1.84. The summed E-state index contributed by atoms with van der Waals surface area (Å²) in [4.78, 5) is 10.5. The molecule has 0 radical (unpaired) electrons. The van der Waals surface area contributed by atoms with Gasteiger partial charge in [0.1, 0.15) is 11.6 Å². The molecule has 2 atom stereocenters. The maximum absolute atomic E-state index is 12.7. The molecule has 0 bridgehead atoms. The lowest BCUT2D eigenvalue weighted by molar-refractivity contribution is -0.141. The van der Waals surface area contributed by atoms with Gasteiger partial charge in [0.15, 0.2) is 0 Å². The second-order valence-electron chi connectivity index (χ2n) is 5.88. The number of carbonyl (C=O) groups is 1. The van der Waals surface area contributed by atoms with Crippen molar-refractivity contribution in [2.24, 2.45) is 5.92 Å². The molecule has 0 heterocycles. The van der Waals surface area contributed by atoms with Crippen LogP contribution in [-0.4, -0.2) is 34.0 Å². The fraction of sp³-hybridized carbons (Fsp3) is 0.235. The second-order valence-corrected chi connectivity index (χ2v) is 10.2. The standard InChI is InChI=1S/C11H14FNO4S.C6H4ClFO2S/c1-7(11(14)15)8(2)13-18(16,17)10-5-3-9(12)4-6-10;7-11(9,10)6-3-1-5(8)2-4-6/h3-8,13H,1-2H3,(H,14,15);1-4H. The summed E-state index contributed by atoms with van der Waals surface area (Å²) >= 11 is 0. The van der Waals surface area contributed by atoms with Crippen LogP contribution in [0, 0.1) is 17.6 Å². The zero-order chi connectivity index (χ0) is 22.4. The third kappa shape index (κ3) is 8.05. The number of aliphatic carboxylic acids is 1. The van der Waals surface area contributed by atoms with E-state index in [1.165, 1.54) is 13.8 Å². The zero-order valence-corrected chi connectivity index (χ0v) is 17.6. The van der Waals surface area contributed by atoms with Crippen molar-refractivity contribution in [3.8, 4) is 0 Å². The minimum Gasteiger partial charge on any atom is -0.481 e. The topological polar surface area (TPSA) is 118 Å². The fourth-order valence-corrected chi connectivity index (χ4v) is 3.93. The third-order valence-corrected chi connectivity index (χ3v) is 6.64. The molecule has 0 aliphatic carbocycles. The van der Waals surface area contributed by atoms with E-state index in [1.54, 1.807) is 0 Å². The van der Waals surface area contributed by atoms with E-state index in [4.69, 9.17) is 15.8 Å². The Bertz CT molecular complexity index is 1040. The zero-order valence-electron chi connectivity index (χ0n) is 15.2. The Morgan fingerprint density at radius 2 is 1.28 bits per heavy atom. The molecule has 0 aliphatic rings. The Kier molecular flexibility index (Phi) is 8.69. The molecule has 0 aliphatic heterocycles. The first-order valence-electron chi connectivity index (χ1n) is 7.95. The van der Waals surface area contributed by atoms with Crippen LogP contribution >= 0.6 is 10.7 Å². The predicted molar refractivity (Wildman–Crippen MR) is 102 cm³/mol. The van der Waals surface area contributed by atoms with Gasteiger partial charge in [-0.3, -0.25) is 4.79 Å². The second kappa shape index (κ2) is 10.1. The molecule has 0 aromatic heterocycles. The van der Waals surface area contributed by atoms with Gasteiger partial charge in [0.2, 0.25) is 10.0 Å². The molecule has 2 aromatic rings. The molecule has 2 aromatic carbocycles. The van der Waals surface area contributed by atoms with E-state index < -0.39 is 48.6 Å². The van der Waals surface area contributed by atoms with Gasteiger partial charge in [0.05, 0.1) is 15.7 Å². The number of carboxylic acid groups (broad SMARTS) is 1. The quantitative estimate of drug-likeness (QED) is 0.628. The van der Waals surface area contributed by atoms with E-state index in [-0.39, 0.29) is 9.79 Å². The lowest BCUT2D eigenvalue weighted by Crippen LogP contribution is -2.39. The van der Waals surface area contributed by atoms with Gasteiger partial charge in [-0.1, -0.05) is 6.92 Å². The molecule has 2 rings (SSSR count). The largest absolute Gasteiger partial charge is 0.481 e. The summed E-state index contributed by atoms with van der Waals surface area (Å²) in [7, 11) is -2.59. The van der Waals surface area contributed by atoms with Gasteiger partial charge in [-0.2, -0.15) is 0 Å². The van der Waals surface area contributed by atoms with Crippen molar-refractivity contribution in [1.82, 2.24) is 4.72 Å². The average molecular weight is 470 g/mol. The lowest BCUT2D eigenvalue weighted by Gasteiger charge is -2.17. The number of benzene rings is 2. The van der Waals surface area contributed by atoms with Gasteiger partial charge < -0.3 is 5.11 Å². The molecular formula is C17H18ClF2NO6S2. The van der Waals surface area contributed by atoms with Gasteiger partial charge in [-0.05, 0) is 55.5 Å². The highest BCUT2D eigenvalue weighted by atomic mass is 35.7. The van der Waals surface area contributed by atoms with Crippen molar-refractivity contribution < 1.29 is 35.5 Å². The maximum Gasteiger partial charge on any atom is 0.307 e. The van der Waals surface area contributed by atoms with Crippen molar-refractivity contribution in [1.29, 1.82) is 0 Å². The molecule has 2 unspecified atom stereocenters. The number of hydrogen-bond acceptors (Lipinski definition) is 5. The van der Waals surface area contributed by atoms with Crippen LogP contribution in [0.3, 0.4) is 0 Å². The Hall–Kier alpha value is -2.08. The maximum atomic E-state index is 12.7. The monoisotopic (exact) mass is 469 g/mol. The normalized spacial score (nSPS) is 13.7. The molecule has 12 heteroatoms. The van der Waals surface area contributed by atoms with Gasteiger partial charge >= 0.3 is 5.97 Å². The lowest BCUT2D eigenvalue weighted by atomic mass is 10.1. The molecule has 0 fully saturated rings. The highest BCUT2D eigenvalue weighted by Crippen LogP contribution is 2.14. The number of nitrogens with one attached hydrogen (secondary N) is 1. The molecule has 7 nitrogen and oxygen atoms in total. The van der Waals surface area contributed by atoms with Crippen LogP contribution in [0.15, 0.2) is 58.3 Å². The summed E-state index contributed by atoms with van der Waals surface area (Å²) in [6.45, 7) is 2.86. The summed E-state index contributed by atoms with van der Waals surface area (Å²) in [5.74, 6) is -2.99. The number of halogens is 3. The Balaban J connectivity index is 0.000000326. The summed E-state index contributed by atoms with van der Waals surface area (Å²) in [6, 6.07) is 7.82. The van der Waals surface area contributed by atoms with E-state index in [9.17, 15) is 30.4 Å². The van der Waals surface area contributed by atoms with Crippen molar-refractivity contribution >= 4 is 35.7 Å². The third-order valence-electron chi connectivity index (χ3n) is 3.70. The van der Waals surface area contributed by atoms with Crippen LogP contribution in [0.1, 0.15) is 13.8 Å². The SMILES string of the molecule is CC(NS(=O)(=O)c1ccc(F)cc1)C(C)C(=O)O.O=S(=O)(Cl)c1ccc(F)cc1. The van der Waals surface area contributed by atoms with Gasteiger partial charge in [0, 0.05) is 16.7 Å². The molecule has 0 saturated heterocycles. The number of rotatable bonds is 6. The average Bonchev–Trinajstić information content (AvgIpc) is 2.61. The minimum absolute atomic E-state index is 0.0967. The molecule has 0 amide bonds. The molecule has 0 saturated carbocycles. The molecule has 2 N–H and O–H groups in total. The van der Waals surface area contributed by atoms with Crippen molar-refractivity contribution in [2.75, 3.05) is 0 Å². The predicted octanol–water partition coefficient (Wildman–Crippen LogP) is 2.97. The summed E-state index contributed by atoms with van der Waals surface area (Å²) < 4.78 is 72.0. The number of carboxylic acids is 1. The van der Waals surface area contributed by atoms with Crippen molar-refractivity contribution in [2.45, 2.75) is 29.7 Å². The number of sulfonamides is 1. The van der Waals surface area contributed by atoms with E-state index in [2.05, 4.69) is 4.72 Å². The highest BCUT2D eigenvalue weighted by molar-refractivity contribution is 8.13. The first-order valence-corrected chi connectivity index (χ1v) is 11.7. The van der Waals surface area contributed by atoms with Gasteiger partial charge in [0.25, 0.3) is 9.05 Å². The van der Waals surface area contributed by atoms with E-state index in [1.807, 2.05) is 0 Å².